The number of halogens is 1. The molecule has 0 unspecified atom stereocenters. The van der Waals surface area contributed by atoms with Crippen LogP contribution in [0.25, 0.3) is 0 Å². The maximum absolute atomic E-state index is 13.4. The predicted molar refractivity (Wildman–Crippen MR) is 86.1 cm³/mol. The van der Waals surface area contributed by atoms with Crippen molar-refractivity contribution in [2.45, 2.75) is 6.92 Å². The number of hydrogen-bond acceptors (Lipinski definition) is 4. The Hall–Kier alpha value is -3.22. The predicted octanol–water partition coefficient (Wildman–Crippen LogP) is 2.58. The smallest absolute Gasteiger partial charge is 0.341 e. The number of carbonyl (C=O) groups is 3. The van der Waals surface area contributed by atoms with Gasteiger partial charge in [0.05, 0.1) is 5.56 Å². The Bertz CT molecular complexity index is 777. The SMILES string of the molecule is CC(=O)Nc1cccc(NC(=O)COC(=O)c2ccccc2F)c1. The monoisotopic (exact) mass is 330 g/mol. The zero-order valence-corrected chi connectivity index (χ0v) is 12.8. The van der Waals surface area contributed by atoms with Crippen LogP contribution in [-0.2, 0) is 14.3 Å². The van der Waals surface area contributed by atoms with E-state index in [1.54, 1.807) is 24.3 Å². The third-order valence-corrected chi connectivity index (χ3v) is 2.89. The van der Waals surface area contributed by atoms with E-state index in [0.29, 0.717) is 11.4 Å². The summed E-state index contributed by atoms with van der Waals surface area (Å²) in [5.74, 6) is -2.46. The second kappa shape index (κ2) is 7.87. The molecule has 0 atom stereocenters. The number of carbonyl (C=O) groups excluding carboxylic acids is 3. The highest BCUT2D eigenvalue weighted by Crippen LogP contribution is 2.15. The van der Waals surface area contributed by atoms with Gasteiger partial charge >= 0.3 is 5.97 Å². The minimum Gasteiger partial charge on any atom is -0.452 e. The van der Waals surface area contributed by atoms with Crippen LogP contribution in [0.15, 0.2) is 48.5 Å². The van der Waals surface area contributed by atoms with E-state index in [9.17, 15) is 18.8 Å². The van der Waals surface area contributed by atoms with Crippen LogP contribution in [0.5, 0.6) is 0 Å². The van der Waals surface area contributed by atoms with Gasteiger partial charge in [-0.1, -0.05) is 18.2 Å². The van der Waals surface area contributed by atoms with Gasteiger partial charge in [-0.3, -0.25) is 9.59 Å². The fourth-order valence-corrected chi connectivity index (χ4v) is 1.91. The van der Waals surface area contributed by atoms with Crippen molar-refractivity contribution < 1.29 is 23.5 Å². The van der Waals surface area contributed by atoms with Crippen LogP contribution in [0.4, 0.5) is 15.8 Å². The first-order valence-electron chi connectivity index (χ1n) is 7.05. The number of amides is 2. The molecule has 0 saturated heterocycles. The molecule has 0 radical (unpaired) electrons. The van der Waals surface area contributed by atoms with E-state index in [1.807, 2.05) is 0 Å². The highest BCUT2D eigenvalue weighted by atomic mass is 19.1. The molecule has 0 saturated carbocycles. The Kier molecular flexibility index (Phi) is 5.62. The molecular formula is C17H15FN2O4. The van der Waals surface area contributed by atoms with Crippen LogP contribution in [0.2, 0.25) is 0 Å². The Morgan fingerprint density at radius 2 is 1.67 bits per heavy atom. The summed E-state index contributed by atoms with van der Waals surface area (Å²) in [6.07, 6.45) is 0. The zero-order valence-electron chi connectivity index (χ0n) is 12.8. The summed E-state index contributed by atoms with van der Waals surface area (Å²) in [6, 6.07) is 11.8. The summed E-state index contributed by atoms with van der Waals surface area (Å²) in [5.41, 5.74) is 0.704. The molecule has 0 aromatic heterocycles. The molecule has 0 heterocycles. The molecule has 2 amide bonds. The van der Waals surface area contributed by atoms with Gasteiger partial charge in [-0.05, 0) is 30.3 Å². The molecule has 0 aliphatic heterocycles. The number of ether oxygens (including phenoxy) is 1. The molecule has 24 heavy (non-hydrogen) atoms. The third-order valence-electron chi connectivity index (χ3n) is 2.89. The topological polar surface area (TPSA) is 84.5 Å². The Morgan fingerprint density at radius 1 is 1.00 bits per heavy atom. The van der Waals surface area contributed by atoms with Crippen molar-refractivity contribution in [2.24, 2.45) is 0 Å². The van der Waals surface area contributed by atoms with E-state index >= 15 is 0 Å². The molecule has 2 N–H and O–H groups in total. The van der Waals surface area contributed by atoms with Crippen molar-refractivity contribution in [3.8, 4) is 0 Å². The summed E-state index contributed by atoms with van der Waals surface area (Å²) in [7, 11) is 0. The highest BCUT2D eigenvalue weighted by molar-refractivity contribution is 5.96. The van der Waals surface area contributed by atoms with E-state index < -0.39 is 24.3 Å². The molecule has 6 nitrogen and oxygen atoms in total. The second-order valence-corrected chi connectivity index (χ2v) is 4.87. The van der Waals surface area contributed by atoms with Crippen molar-refractivity contribution in [3.05, 3.63) is 59.9 Å². The lowest BCUT2D eigenvalue weighted by Crippen LogP contribution is -2.21. The van der Waals surface area contributed by atoms with Crippen LogP contribution < -0.4 is 10.6 Å². The minimum absolute atomic E-state index is 0.238. The fraction of sp³-hybridized carbons (Fsp3) is 0.118. The van der Waals surface area contributed by atoms with E-state index in [1.165, 1.54) is 25.1 Å². The van der Waals surface area contributed by atoms with Gasteiger partial charge in [-0.2, -0.15) is 0 Å². The molecule has 0 aliphatic carbocycles. The average molecular weight is 330 g/mol. The lowest BCUT2D eigenvalue weighted by atomic mass is 10.2. The quantitative estimate of drug-likeness (QED) is 0.825. The standard InChI is InChI=1S/C17H15FN2O4/c1-11(21)19-12-5-4-6-13(9-12)20-16(22)10-24-17(23)14-7-2-3-8-15(14)18/h2-9H,10H2,1H3,(H,19,21)(H,20,22). The van der Waals surface area contributed by atoms with E-state index in [4.69, 9.17) is 4.74 Å². The summed E-state index contributed by atoms with van der Waals surface area (Å²) >= 11 is 0. The van der Waals surface area contributed by atoms with E-state index in [0.717, 1.165) is 6.07 Å². The summed E-state index contributed by atoms with van der Waals surface area (Å²) < 4.78 is 18.2. The van der Waals surface area contributed by atoms with Crippen molar-refractivity contribution >= 4 is 29.2 Å². The van der Waals surface area contributed by atoms with Gasteiger partial charge in [-0.15, -0.1) is 0 Å². The number of rotatable bonds is 5. The maximum Gasteiger partial charge on any atom is 0.341 e. The lowest BCUT2D eigenvalue weighted by molar-refractivity contribution is -0.119. The van der Waals surface area contributed by atoms with E-state index in [-0.39, 0.29) is 11.5 Å². The molecule has 0 fully saturated rings. The number of benzene rings is 2. The zero-order chi connectivity index (χ0) is 17.5. The van der Waals surface area contributed by atoms with Crippen LogP contribution in [0, 0.1) is 5.82 Å². The molecule has 124 valence electrons. The van der Waals surface area contributed by atoms with Gasteiger partial charge in [0.25, 0.3) is 5.91 Å². The minimum atomic E-state index is -0.921. The van der Waals surface area contributed by atoms with Crippen molar-refractivity contribution in [1.29, 1.82) is 0 Å². The number of esters is 1. The summed E-state index contributed by atoms with van der Waals surface area (Å²) in [4.78, 5) is 34.5. The molecule has 2 aromatic rings. The van der Waals surface area contributed by atoms with Crippen LogP contribution in [0.1, 0.15) is 17.3 Å². The Labute approximate surface area is 137 Å². The van der Waals surface area contributed by atoms with Crippen molar-refractivity contribution in [3.63, 3.8) is 0 Å². The van der Waals surface area contributed by atoms with Crippen molar-refractivity contribution in [1.82, 2.24) is 0 Å². The molecule has 2 rings (SSSR count). The largest absolute Gasteiger partial charge is 0.452 e. The van der Waals surface area contributed by atoms with Crippen LogP contribution in [0.3, 0.4) is 0 Å². The molecule has 7 heteroatoms. The second-order valence-electron chi connectivity index (χ2n) is 4.87. The molecule has 0 aliphatic rings. The van der Waals surface area contributed by atoms with Gasteiger partial charge < -0.3 is 15.4 Å². The number of nitrogens with one attached hydrogen (secondary N) is 2. The molecule has 0 bridgehead atoms. The van der Waals surface area contributed by atoms with Gasteiger partial charge in [0.1, 0.15) is 5.82 Å². The normalized spacial score (nSPS) is 9.92. The van der Waals surface area contributed by atoms with E-state index in [2.05, 4.69) is 10.6 Å². The number of anilines is 2. The summed E-state index contributed by atoms with van der Waals surface area (Å²) in [5, 5.41) is 5.09. The maximum atomic E-state index is 13.4. The first-order chi connectivity index (χ1) is 11.5. The molecular weight excluding hydrogens is 315 g/mol. The average Bonchev–Trinajstić information content (AvgIpc) is 2.53. The Morgan fingerprint density at radius 3 is 2.33 bits per heavy atom. The lowest BCUT2D eigenvalue weighted by Gasteiger charge is -2.08. The van der Waals surface area contributed by atoms with Crippen LogP contribution >= 0.6 is 0 Å². The summed E-state index contributed by atoms with van der Waals surface area (Å²) in [6.45, 7) is 0.810. The first kappa shape index (κ1) is 17.1. The van der Waals surface area contributed by atoms with Gasteiger partial charge in [-0.25, -0.2) is 9.18 Å². The third kappa shape index (κ3) is 4.91. The highest BCUT2D eigenvalue weighted by Gasteiger charge is 2.14. The Balaban J connectivity index is 1.91. The van der Waals surface area contributed by atoms with Gasteiger partial charge in [0, 0.05) is 18.3 Å². The van der Waals surface area contributed by atoms with Crippen molar-refractivity contribution in [2.75, 3.05) is 17.2 Å². The molecule has 0 spiro atoms. The van der Waals surface area contributed by atoms with Gasteiger partial charge in [0.2, 0.25) is 5.91 Å². The first-order valence-corrected chi connectivity index (χ1v) is 7.05. The molecule has 2 aromatic carbocycles. The fourth-order valence-electron chi connectivity index (χ4n) is 1.91. The van der Waals surface area contributed by atoms with Gasteiger partial charge in [0.15, 0.2) is 6.61 Å². The number of hydrogen-bond donors (Lipinski definition) is 2. The van der Waals surface area contributed by atoms with Crippen LogP contribution in [-0.4, -0.2) is 24.4 Å².